The van der Waals surface area contributed by atoms with Crippen LogP contribution in [-0.2, 0) is 14.6 Å². The molecule has 6 heteroatoms. The molecule has 148 valence electrons. The Morgan fingerprint density at radius 1 is 1.04 bits per heavy atom. The molecule has 1 saturated carbocycles. The summed E-state index contributed by atoms with van der Waals surface area (Å²) in [5.74, 6) is 1.26. The summed E-state index contributed by atoms with van der Waals surface area (Å²) in [4.78, 5) is 16.8. The molecule has 0 saturated heterocycles. The van der Waals surface area contributed by atoms with E-state index in [1.165, 1.54) is 6.26 Å². The Labute approximate surface area is 155 Å². The van der Waals surface area contributed by atoms with Gasteiger partial charge >= 0.3 is 0 Å². The molecule has 1 aliphatic carbocycles. The van der Waals surface area contributed by atoms with E-state index in [9.17, 15) is 13.2 Å². The van der Waals surface area contributed by atoms with Gasteiger partial charge in [-0.05, 0) is 44.6 Å². The second kappa shape index (κ2) is 9.91. The Morgan fingerprint density at radius 2 is 1.56 bits per heavy atom. The summed E-state index contributed by atoms with van der Waals surface area (Å²) in [5, 5.41) is -0.329. The van der Waals surface area contributed by atoms with Gasteiger partial charge < -0.3 is 4.90 Å². The van der Waals surface area contributed by atoms with Crippen molar-refractivity contribution in [3.05, 3.63) is 0 Å². The highest BCUT2D eigenvalue weighted by atomic mass is 32.2. The summed E-state index contributed by atoms with van der Waals surface area (Å²) >= 11 is 0. The number of carbonyl (C=O) groups excluding carboxylic acids is 1. The molecule has 0 unspecified atom stereocenters. The largest absolute Gasteiger partial charge is 0.342 e. The first-order valence-electron chi connectivity index (χ1n) is 9.69. The van der Waals surface area contributed by atoms with Crippen molar-refractivity contribution in [1.29, 1.82) is 0 Å². The second-order valence-corrected chi connectivity index (χ2v) is 10.8. The first kappa shape index (κ1) is 22.4. The number of amides is 1. The topological polar surface area (TPSA) is 57.7 Å². The SMILES string of the molecule is CC(C)CCN(CCC(C)C)C(=O)CN(C)[C@H]1CCC[C@H]1S(C)(=O)=O. The molecule has 0 N–H and O–H groups in total. The highest BCUT2D eigenvalue weighted by molar-refractivity contribution is 7.91. The van der Waals surface area contributed by atoms with Crippen LogP contribution in [-0.4, -0.2) is 68.4 Å². The zero-order valence-corrected chi connectivity index (χ0v) is 17.8. The molecular weight excluding hydrogens is 336 g/mol. The lowest BCUT2D eigenvalue weighted by Gasteiger charge is -2.31. The van der Waals surface area contributed by atoms with E-state index >= 15 is 0 Å². The summed E-state index contributed by atoms with van der Waals surface area (Å²) < 4.78 is 24.0. The van der Waals surface area contributed by atoms with Crippen molar-refractivity contribution in [1.82, 2.24) is 9.80 Å². The zero-order chi connectivity index (χ0) is 19.2. The Hall–Kier alpha value is -0.620. The van der Waals surface area contributed by atoms with E-state index in [4.69, 9.17) is 0 Å². The molecule has 0 spiro atoms. The highest BCUT2D eigenvalue weighted by Crippen LogP contribution is 2.28. The van der Waals surface area contributed by atoms with E-state index in [1.807, 2.05) is 16.8 Å². The molecule has 5 nitrogen and oxygen atoms in total. The minimum absolute atomic E-state index is 0.0315. The van der Waals surface area contributed by atoms with Crippen molar-refractivity contribution >= 4 is 15.7 Å². The van der Waals surface area contributed by atoms with Gasteiger partial charge in [0.25, 0.3) is 0 Å². The zero-order valence-electron chi connectivity index (χ0n) is 17.0. The van der Waals surface area contributed by atoms with Gasteiger partial charge in [-0.3, -0.25) is 9.69 Å². The monoisotopic (exact) mass is 374 g/mol. The average molecular weight is 375 g/mol. The molecule has 0 heterocycles. The van der Waals surface area contributed by atoms with Gasteiger partial charge in [0.05, 0.1) is 11.8 Å². The summed E-state index contributed by atoms with van der Waals surface area (Å²) in [5.41, 5.74) is 0. The van der Waals surface area contributed by atoms with Crippen LogP contribution in [0.2, 0.25) is 0 Å². The molecule has 25 heavy (non-hydrogen) atoms. The average Bonchev–Trinajstić information content (AvgIpc) is 2.96. The van der Waals surface area contributed by atoms with Gasteiger partial charge in [-0.25, -0.2) is 8.42 Å². The van der Waals surface area contributed by atoms with Crippen LogP contribution in [0.4, 0.5) is 0 Å². The van der Waals surface area contributed by atoms with Gasteiger partial charge in [0, 0.05) is 25.4 Å². The fourth-order valence-corrected chi connectivity index (χ4v) is 5.04. The van der Waals surface area contributed by atoms with Crippen LogP contribution in [0.1, 0.15) is 59.8 Å². The molecule has 0 radical (unpaired) electrons. The van der Waals surface area contributed by atoms with Crippen LogP contribution in [0.25, 0.3) is 0 Å². The van der Waals surface area contributed by atoms with Crippen LogP contribution >= 0.6 is 0 Å². The molecule has 0 aromatic rings. The third-order valence-electron chi connectivity index (χ3n) is 5.22. The number of hydrogen-bond donors (Lipinski definition) is 0. The number of sulfone groups is 1. The summed E-state index contributed by atoms with van der Waals surface area (Å²) in [6.07, 6.45) is 5.83. The van der Waals surface area contributed by atoms with Crippen molar-refractivity contribution in [3.63, 3.8) is 0 Å². The van der Waals surface area contributed by atoms with Gasteiger partial charge in [0.2, 0.25) is 5.91 Å². The lowest BCUT2D eigenvalue weighted by Crippen LogP contribution is -2.47. The minimum atomic E-state index is -3.06. The fourth-order valence-electron chi connectivity index (χ4n) is 3.53. The Bertz CT molecular complexity index is 505. The van der Waals surface area contributed by atoms with E-state index in [0.717, 1.165) is 38.8 Å². The van der Waals surface area contributed by atoms with Crippen LogP contribution in [0, 0.1) is 11.8 Å². The molecule has 2 atom stereocenters. The number of hydrogen-bond acceptors (Lipinski definition) is 4. The Morgan fingerprint density at radius 3 is 2.00 bits per heavy atom. The molecule has 1 fully saturated rings. The predicted molar refractivity (Wildman–Crippen MR) is 104 cm³/mol. The maximum Gasteiger partial charge on any atom is 0.236 e. The lowest BCUT2D eigenvalue weighted by atomic mass is 10.1. The first-order chi connectivity index (χ1) is 11.5. The van der Waals surface area contributed by atoms with Crippen molar-refractivity contribution in [2.24, 2.45) is 11.8 Å². The Balaban J connectivity index is 2.69. The van der Waals surface area contributed by atoms with Crippen LogP contribution in [0.15, 0.2) is 0 Å². The maximum absolute atomic E-state index is 12.8. The predicted octanol–water partition coefficient (Wildman–Crippen LogP) is 2.80. The van der Waals surface area contributed by atoms with Gasteiger partial charge in [-0.2, -0.15) is 0 Å². The van der Waals surface area contributed by atoms with Crippen LogP contribution in [0.5, 0.6) is 0 Å². The maximum atomic E-state index is 12.8. The molecule has 0 aromatic heterocycles. The van der Waals surface area contributed by atoms with Gasteiger partial charge in [0.1, 0.15) is 0 Å². The van der Waals surface area contributed by atoms with E-state index < -0.39 is 9.84 Å². The quantitative estimate of drug-likeness (QED) is 0.590. The standard InChI is InChI=1S/C19H38N2O3S/c1-15(2)10-12-21(13-11-16(3)4)19(22)14-20(5)17-8-7-9-18(17)25(6,23)24/h15-18H,7-14H2,1-6H3/t17-,18+/m0/s1. The van der Waals surface area contributed by atoms with Gasteiger partial charge in [-0.15, -0.1) is 0 Å². The van der Waals surface area contributed by atoms with E-state index in [1.54, 1.807) is 0 Å². The molecule has 1 aliphatic rings. The van der Waals surface area contributed by atoms with Crippen LogP contribution in [0.3, 0.4) is 0 Å². The summed E-state index contributed by atoms with van der Waals surface area (Å²) in [7, 11) is -1.16. The summed E-state index contributed by atoms with van der Waals surface area (Å²) in [6, 6.07) is -0.0315. The van der Waals surface area contributed by atoms with Gasteiger partial charge in [-0.1, -0.05) is 34.1 Å². The van der Waals surface area contributed by atoms with Crippen molar-refractivity contribution in [3.8, 4) is 0 Å². The fraction of sp³-hybridized carbons (Fsp3) is 0.947. The van der Waals surface area contributed by atoms with Crippen molar-refractivity contribution in [2.45, 2.75) is 71.1 Å². The van der Waals surface area contributed by atoms with E-state index in [2.05, 4.69) is 27.7 Å². The Kier molecular flexibility index (Phi) is 8.89. The number of carbonyl (C=O) groups is 1. The molecule has 1 rings (SSSR count). The third-order valence-corrected chi connectivity index (χ3v) is 6.87. The van der Waals surface area contributed by atoms with Crippen molar-refractivity contribution < 1.29 is 13.2 Å². The smallest absolute Gasteiger partial charge is 0.236 e. The second-order valence-electron chi connectivity index (χ2n) is 8.53. The normalized spacial score (nSPS) is 21.5. The molecule has 0 aromatic carbocycles. The molecule has 1 amide bonds. The first-order valence-corrected chi connectivity index (χ1v) is 11.6. The molecule has 0 bridgehead atoms. The van der Waals surface area contributed by atoms with Gasteiger partial charge in [0.15, 0.2) is 9.84 Å². The number of likely N-dealkylation sites (N-methyl/N-ethyl adjacent to an activating group) is 1. The molecular formula is C19H38N2O3S. The number of rotatable bonds is 10. The summed E-state index contributed by atoms with van der Waals surface area (Å²) in [6.45, 7) is 10.6. The van der Waals surface area contributed by atoms with Crippen LogP contribution < -0.4 is 0 Å². The van der Waals surface area contributed by atoms with Crippen molar-refractivity contribution in [2.75, 3.05) is 32.9 Å². The minimum Gasteiger partial charge on any atom is -0.342 e. The third kappa shape index (κ3) is 7.65. The number of nitrogens with zero attached hydrogens (tertiary/aromatic N) is 2. The lowest BCUT2D eigenvalue weighted by molar-refractivity contribution is -0.133. The van der Waals surface area contributed by atoms with E-state index in [0.29, 0.717) is 24.8 Å². The highest BCUT2D eigenvalue weighted by Gasteiger charge is 2.37. The van der Waals surface area contributed by atoms with E-state index in [-0.39, 0.29) is 17.2 Å². The molecule has 0 aliphatic heterocycles.